The first-order chi connectivity index (χ1) is 10.1. The highest BCUT2D eigenvalue weighted by Crippen LogP contribution is 2.21. The van der Waals surface area contributed by atoms with Crippen molar-refractivity contribution in [3.8, 4) is 5.75 Å². The second-order valence-corrected chi connectivity index (χ2v) is 5.18. The molecule has 0 spiro atoms. The third kappa shape index (κ3) is 4.04. The minimum absolute atomic E-state index is 0.0207. The Kier molecular flexibility index (Phi) is 5.33. The van der Waals surface area contributed by atoms with E-state index in [4.69, 9.17) is 4.74 Å². The Morgan fingerprint density at radius 3 is 2.38 bits per heavy atom. The predicted molar refractivity (Wildman–Crippen MR) is 77.8 cm³/mol. The standard InChI is InChI=1S/C16H21NO4/c1-2-10-21-13-8-6-12(7-9-13)14(18)11-17-15(19)4-3-5-16(17)20/h6-9,14,18H,2-5,10-11H2,1H3. The van der Waals surface area contributed by atoms with Gasteiger partial charge in [-0.05, 0) is 30.5 Å². The zero-order valence-corrected chi connectivity index (χ0v) is 12.2. The van der Waals surface area contributed by atoms with Gasteiger partial charge < -0.3 is 9.84 Å². The maximum absolute atomic E-state index is 11.7. The second kappa shape index (κ2) is 7.22. The number of β-amino-alcohol motifs (C(OH)–C–C–N with tert-alkyl or cyclic N) is 1. The summed E-state index contributed by atoms with van der Waals surface area (Å²) in [6.45, 7) is 2.70. The highest BCUT2D eigenvalue weighted by molar-refractivity contribution is 5.97. The van der Waals surface area contributed by atoms with Crippen molar-refractivity contribution >= 4 is 11.8 Å². The Labute approximate surface area is 124 Å². The number of rotatable bonds is 6. The highest BCUT2D eigenvalue weighted by Gasteiger charge is 2.28. The monoisotopic (exact) mass is 291 g/mol. The maximum atomic E-state index is 11.7. The largest absolute Gasteiger partial charge is 0.494 e. The number of ether oxygens (including phenoxy) is 1. The SMILES string of the molecule is CCCOc1ccc(C(O)CN2C(=O)CCCC2=O)cc1. The fourth-order valence-corrected chi connectivity index (χ4v) is 2.29. The van der Waals surface area contributed by atoms with Crippen LogP contribution in [-0.4, -0.2) is 35.0 Å². The minimum Gasteiger partial charge on any atom is -0.494 e. The van der Waals surface area contributed by atoms with E-state index in [0.29, 0.717) is 31.4 Å². The number of carbonyl (C=O) groups excluding carboxylic acids is 2. The van der Waals surface area contributed by atoms with Gasteiger partial charge in [-0.1, -0.05) is 19.1 Å². The molecule has 5 nitrogen and oxygen atoms in total. The maximum Gasteiger partial charge on any atom is 0.229 e. The van der Waals surface area contributed by atoms with Crippen molar-refractivity contribution in [1.82, 2.24) is 4.90 Å². The molecular formula is C16H21NO4. The number of hydrogen-bond donors (Lipinski definition) is 1. The van der Waals surface area contributed by atoms with E-state index in [0.717, 1.165) is 17.1 Å². The summed E-state index contributed by atoms with van der Waals surface area (Å²) >= 11 is 0. The van der Waals surface area contributed by atoms with Crippen molar-refractivity contribution in [2.24, 2.45) is 0 Å². The number of amides is 2. The van der Waals surface area contributed by atoms with Gasteiger partial charge in [0.25, 0.3) is 0 Å². The summed E-state index contributed by atoms with van der Waals surface area (Å²) in [6.07, 6.45) is 1.43. The van der Waals surface area contributed by atoms with Crippen LogP contribution in [0.1, 0.15) is 44.3 Å². The number of aliphatic hydroxyl groups excluding tert-OH is 1. The summed E-state index contributed by atoms with van der Waals surface area (Å²) in [5, 5.41) is 10.2. The molecule has 0 aliphatic carbocycles. The first kappa shape index (κ1) is 15.5. The lowest BCUT2D eigenvalue weighted by Crippen LogP contribution is -2.42. The molecular weight excluding hydrogens is 270 g/mol. The van der Waals surface area contributed by atoms with Crippen LogP contribution in [0.15, 0.2) is 24.3 Å². The van der Waals surface area contributed by atoms with E-state index in [1.807, 2.05) is 6.92 Å². The summed E-state index contributed by atoms with van der Waals surface area (Å²) in [5.41, 5.74) is 0.671. The molecule has 21 heavy (non-hydrogen) atoms. The van der Waals surface area contributed by atoms with Crippen LogP contribution in [0, 0.1) is 0 Å². The van der Waals surface area contributed by atoms with Gasteiger partial charge in [-0.25, -0.2) is 0 Å². The summed E-state index contributed by atoms with van der Waals surface area (Å²) in [4.78, 5) is 24.6. The fourth-order valence-electron chi connectivity index (χ4n) is 2.29. The van der Waals surface area contributed by atoms with E-state index in [-0.39, 0.29) is 18.4 Å². The van der Waals surface area contributed by atoms with Gasteiger partial charge in [0, 0.05) is 12.8 Å². The number of nitrogens with zero attached hydrogens (tertiary/aromatic N) is 1. The predicted octanol–water partition coefficient (Wildman–Crippen LogP) is 2.05. The van der Waals surface area contributed by atoms with Gasteiger partial charge in [-0.2, -0.15) is 0 Å². The Hall–Kier alpha value is -1.88. The van der Waals surface area contributed by atoms with E-state index >= 15 is 0 Å². The van der Waals surface area contributed by atoms with Crippen molar-refractivity contribution in [3.05, 3.63) is 29.8 Å². The lowest BCUT2D eigenvalue weighted by atomic mass is 10.1. The van der Waals surface area contributed by atoms with Crippen LogP contribution in [0.4, 0.5) is 0 Å². The number of piperidine rings is 1. The quantitative estimate of drug-likeness (QED) is 0.815. The molecule has 1 aromatic carbocycles. The summed E-state index contributed by atoms with van der Waals surface area (Å²) in [5.74, 6) is 0.347. The molecule has 1 saturated heterocycles. The zero-order valence-electron chi connectivity index (χ0n) is 12.2. The molecule has 1 aliphatic heterocycles. The Bertz CT molecular complexity index is 482. The van der Waals surface area contributed by atoms with Gasteiger partial charge in [0.05, 0.1) is 19.3 Å². The molecule has 0 radical (unpaired) electrons. The van der Waals surface area contributed by atoms with E-state index < -0.39 is 6.10 Å². The van der Waals surface area contributed by atoms with Gasteiger partial charge >= 0.3 is 0 Å². The molecule has 0 bridgehead atoms. The lowest BCUT2D eigenvalue weighted by Gasteiger charge is -2.27. The van der Waals surface area contributed by atoms with Crippen LogP contribution in [0.3, 0.4) is 0 Å². The molecule has 114 valence electrons. The lowest BCUT2D eigenvalue weighted by molar-refractivity contribution is -0.149. The van der Waals surface area contributed by atoms with E-state index in [9.17, 15) is 14.7 Å². The number of aliphatic hydroxyl groups is 1. The topological polar surface area (TPSA) is 66.8 Å². The minimum atomic E-state index is -0.865. The molecule has 5 heteroatoms. The molecule has 2 amide bonds. The van der Waals surface area contributed by atoms with Gasteiger partial charge in [0.15, 0.2) is 0 Å². The van der Waals surface area contributed by atoms with Gasteiger partial charge in [0.2, 0.25) is 11.8 Å². The molecule has 1 aromatic rings. The van der Waals surface area contributed by atoms with Crippen LogP contribution in [0.25, 0.3) is 0 Å². The third-order valence-corrected chi connectivity index (χ3v) is 3.48. The van der Waals surface area contributed by atoms with Crippen molar-refractivity contribution in [2.45, 2.75) is 38.7 Å². The van der Waals surface area contributed by atoms with Crippen molar-refractivity contribution in [2.75, 3.05) is 13.2 Å². The Balaban J connectivity index is 1.97. The molecule has 0 saturated carbocycles. The fraction of sp³-hybridized carbons (Fsp3) is 0.500. The molecule has 1 unspecified atom stereocenters. The van der Waals surface area contributed by atoms with Gasteiger partial charge in [0.1, 0.15) is 5.75 Å². The highest BCUT2D eigenvalue weighted by atomic mass is 16.5. The van der Waals surface area contributed by atoms with E-state index in [2.05, 4.69) is 0 Å². The molecule has 1 aliphatic rings. The molecule has 2 rings (SSSR count). The van der Waals surface area contributed by atoms with Crippen molar-refractivity contribution < 1.29 is 19.4 Å². The van der Waals surface area contributed by atoms with Crippen LogP contribution < -0.4 is 4.74 Å². The summed E-state index contributed by atoms with van der Waals surface area (Å²) in [7, 11) is 0. The van der Waals surface area contributed by atoms with Crippen LogP contribution in [0.2, 0.25) is 0 Å². The van der Waals surface area contributed by atoms with E-state index in [1.165, 1.54) is 0 Å². The number of likely N-dealkylation sites (tertiary alicyclic amines) is 1. The number of carbonyl (C=O) groups is 2. The number of imide groups is 1. The Morgan fingerprint density at radius 1 is 1.19 bits per heavy atom. The molecule has 0 aromatic heterocycles. The van der Waals surface area contributed by atoms with Crippen LogP contribution >= 0.6 is 0 Å². The molecule has 1 fully saturated rings. The molecule has 1 atom stereocenters. The third-order valence-electron chi connectivity index (χ3n) is 3.48. The Morgan fingerprint density at radius 2 is 1.81 bits per heavy atom. The zero-order chi connectivity index (χ0) is 15.2. The van der Waals surface area contributed by atoms with Crippen LogP contribution in [0.5, 0.6) is 5.75 Å². The number of benzene rings is 1. The number of hydrogen-bond acceptors (Lipinski definition) is 4. The summed E-state index contributed by atoms with van der Waals surface area (Å²) < 4.78 is 5.47. The van der Waals surface area contributed by atoms with E-state index in [1.54, 1.807) is 24.3 Å². The van der Waals surface area contributed by atoms with Crippen molar-refractivity contribution in [3.63, 3.8) is 0 Å². The van der Waals surface area contributed by atoms with Gasteiger partial charge in [-0.15, -0.1) is 0 Å². The van der Waals surface area contributed by atoms with Crippen molar-refractivity contribution in [1.29, 1.82) is 0 Å². The molecule has 1 heterocycles. The first-order valence-corrected chi connectivity index (χ1v) is 7.36. The smallest absolute Gasteiger partial charge is 0.229 e. The second-order valence-electron chi connectivity index (χ2n) is 5.18. The first-order valence-electron chi connectivity index (χ1n) is 7.36. The summed E-state index contributed by atoms with van der Waals surface area (Å²) in [6, 6.07) is 7.09. The van der Waals surface area contributed by atoms with Crippen LogP contribution in [-0.2, 0) is 9.59 Å². The normalized spacial score (nSPS) is 17.0. The average Bonchev–Trinajstić information content (AvgIpc) is 2.49. The average molecular weight is 291 g/mol. The van der Waals surface area contributed by atoms with Gasteiger partial charge in [-0.3, -0.25) is 14.5 Å². The molecule has 1 N–H and O–H groups in total.